The Hall–Kier alpha value is -1.30. The van der Waals surface area contributed by atoms with E-state index < -0.39 is 6.48 Å². The highest BCUT2D eigenvalue weighted by atomic mass is 16.9. The first kappa shape index (κ1) is 13.1. The van der Waals surface area contributed by atoms with Crippen LogP contribution in [0, 0.1) is 0 Å². The third kappa shape index (κ3) is 2.43. The van der Waals surface area contributed by atoms with E-state index in [1.165, 1.54) is 7.11 Å². The van der Waals surface area contributed by atoms with Crippen LogP contribution in [0.2, 0.25) is 0 Å². The third-order valence-electron chi connectivity index (χ3n) is 2.99. The highest BCUT2D eigenvalue weighted by molar-refractivity contribution is 5.45. The molecule has 1 heterocycles. The number of hydrogen-bond donors (Lipinski definition) is 0. The number of hydrogen-bond acceptors (Lipinski definition) is 5. The van der Waals surface area contributed by atoms with E-state index in [-0.39, 0.29) is 12.2 Å². The molecule has 0 aromatic heterocycles. The zero-order valence-electron chi connectivity index (χ0n) is 11.0. The van der Waals surface area contributed by atoms with Crippen LogP contribution in [0.25, 0.3) is 0 Å². The summed E-state index contributed by atoms with van der Waals surface area (Å²) in [6, 6.07) is 5.67. The van der Waals surface area contributed by atoms with Gasteiger partial charge in [0.25, 0.3) is 0 Å². The molecule has 18 heavy (non-hydrogen) atoms. The standard InChI is InChI=1S/C13H18O5/c1-8(14-2)12(15-3)9-5-6-10-11(7-9)18-13(16-4)17-10/h5-8,12-13H,1-4H3/t8-,12-,13?/m1/s1. The van der Waals surface area contributed by atoms with E-state index in [9.17, 15) is 0 Å². The molecule has 0 fully saturated rings. The molecule has 2 rings (SSSR count). The lowest BCUT2D eigenvalue weighted by atomic mass is 10.0. The number of methoxy groups -OCH3 is 3. The Kier molecular flexibility index (Phi) is 4.06. The smallest absolute Gasteiger partial charge is 0.360 e. The van der Waals surface area contributed by atoms with E-state index >= 15 is 0 Å². The third-order valence-corrected chi connectivity index (χ3v) is 2.99. The summed E-state index contributed by atoms with van der Waals surface area (Å²) in [7, 11) is 4.84. The van der Waals surface area contributed by atoms with Crippen molar-refractivity contribution in [3.05, 3.63) is 23.8 Å². The van der Waals surface area contributed by atoms with Crippen molar-refractivity contribution in [1.82, 2.24) is 0 Å². The van der Waals surface area contributed by atoms with Crippen LogP contribution in [0.3, 0.4) is 0 Å². The molecule has 1 aliphatic rings. The van der Waals surface area contributed by atoms with E-state index in [1.54, 1.807) is 14.2 Å². The van der Waals surface area contributed by atoms with Gasteiger partial charge in [-0.05, 0) is 24.6 Å². The molecule has 100 valence electrons. The van der Waals surface area contributed by atoms with E-state index in [1.807, 2.05) is 25.1 Å². The first-order valence-corrected chi connectivity index (χ1v) is 5.75. The molecule has 3 atom stereocenters. The molecule has 0 saturated heterocycles. The summed E-state index contributed by atoms with van der Waals surface area (Å²) < 4.78 is 26.6. The lowest BCUT2D eigenvalue weighted by Crippen LogP contribution is -2.19. The van der Waals surface area contributed by atoms with Gasteiger partial charge in [-0.3, -0.25) is 0 Å². The maximum atomic E-state index is 5.46. The number of fused-ring (bicyclic) bond motifs is 1. The molecule has 0 bridgehead atoms. The minimum Gasteiger partial charge on any atom is -0.428 e. The van der Waals surface area contributed by atoms with Gasteiger partial charge in [-0.2, -0.15) is 0 Å². The van der Waals surface area contributed by atoms with Crippen LogP contribution in [0.5, 0.6) is 11.5 Å². The lowest BCUT2D eigenvalue weighted by Gasteiger charge is -2.21. The van der Waals surface area contributed by atoms with Crippen molar-refractivity contribution in [3.8, 4) is 11.5 Å². The quantitative estimate of drug-likeness (QED) is 0.805. The normalized spacial score (nSPS) is 20.8. The van der Waals surface area contributed by atoms with Gasteiger partial charge in [-0.15, -0.1) is 0 Å². The molecule has 5 nitrogen and oxygen atoms in total. The fourth-order valence-electron chi connectivity index (χ4n) is 1.94. The SMILES string of the molecule is COC1Oc2ccc([C@H](OC)[C@@H](C)OC)cc2O1. The number of benzene rings is 1. The van der Waals surface area contributed by atoms with Crippen LogP contribution >= 0.6 is 0 Å². The second kappa shape index (κ2) is 5.56. The predicted molar refractivity (Wildman–Crippen MR) is 64.7 cm³/mol. The summed E-state index contributed by atoms with van der Waals surface area (Å²) in [5.74, 6) is 1.33. The fourth-order valence-corrected chi connectivity index (χ4v) is 1.94. The Balaban J connectivity index is 2.22. The Morgan fingerprint density at radius 2 is 1.78 bits per heavy atom. The monoisotopic (exact) mass is 254 g/mol. The van der Waals surface area contributed by atoms with Crippen molar-refractivity contribution >= 4 is 0 Å². The maximum absolute atomic E-state index is 5.46. The molecule has 1 aliphatic heterocycles. The van der Waals surface area contributed by atoms with Gasteiger partial charge in [0.05, 0.1) is 6.10 Å². The lowest BCUT2D eigenvalue weighted by molar-refractivity contribution is -0.157. The largest absolute Gasteiger partial charge is 0.428 e. The van der Waals surface area contributed by atoms with Crippen LogP contribution in [0.1, 0.15) is 18.6 Å². The molecule has 1 unspecified atom stereocenters. The molecule has 1 aromatic carbocycles. The Morgan fingerprint density at radius 1 is 1.06 bits per heavy atom. The van der Waals surface area contributed by atoms with Crippen molar-refractivity contribution in [1.29, 1.82) is 0 Å². The molecule has 0 radical (unpaired) electrons. The fraction of sp³-hybridized carbons (Fsp3) is 0.538. The minimum absolute atomic E-state index is 0.0476. The zero-order valence-corrected chi connectivity index (χ0v) is 11.0. The van der Waals surface area contributed by atoms with Crippen molar-refractivity contribution < 1.29 is 23.7 Å². The molecule has 0 aliphatic carbocycles. The van der Waals surface area contributed by atoms with Gasteiger partial charge >= 0.3 is 6.48 Å². The second-order valence-electron chi connectivity index (χ2n) is 4.06. The van der Waals surface area contributed by atoms with Gasteiger partial charge in [0.2, 0.25) is 0 Å². The molecule has 0 N–H and O–H groups in total. The second-order valence-corrected chi connectivity index (χ2v) is 4.06. The summed E-state index contributed by atoms with van der Waals surface area (Å²) >= 11 is 0. The summed E-state index contributed by atoms with van der Waals surface area (Å²) in [4.78, 5) is 0. The van der Waals surface area contributed by atoms with E-state index in [2.05, 4.69) is 0 Å². The van der Waals surface area contributed by atoms with E-state index in [4.69, 9.17) is 23.7 Å². The van der Waals surface area contributed by atoms with Crippen molar-refractivity contribution in [2.24, 2.45) is 0 Å². The van der Waals surface area contributed by atoms with Crippen molar-refractivity contribution in [2.75, 3.05) is 21.3 Å². The predicted octanol–water partition coefficient (Wildman–Crippen LogP) is 2.11. The highest BCUT2D eigenvalue weighted by Crippen LogP contribution is 2.38. The van der Waals surface area contributed by atoms with Crippen LogP contribution < -0.4 is 9.47 Å². The Morgan fingerprint density at radius 3 is 2.39 bits per heavy atom. The average molecular weight is 254 g/mol. The van der Waals surface area contributed by atoms with Gasteiger partial charge in [0.15, 0.2) is 11.5 Å². The summed E-state index contributed by atoms with van der Waals surface area (Å²) in [6.45, 7) is 1.28. The number of ether oxygens (including phenoxy) is 5. The zero-order chi connectivity index (χ0) is 13.1. The topological polar surface area (TPSA) is 46.2 Å². The van der Waals surface area contributed by atoms with Crippen LogP contribution in [0.4, 0.5) is 0 Å². The average Bonchev–Trinajstić information content (AvgIpc) is 2.81. The summed E-state index contributed by atoms with van der Waals surface area (Å²) in [6.07, 6.45) is -0.195. The van der Waals surface area contributed by atoms with Crippen LogP contribution in [-0.2, 0) is 14.2 Å². The molecule has 0 amide bonds. The van der Waals surface area contributed by atoms with Crippen molar-refractivity contribution in [2.45, 2.75) is 25.6 Å². The van der Waals surface area contributed by atoms with Gasteiger partial charge in [-0.25, -0.2) is 0 Å². The minimum atomic E-state index is -0.670. The molecule has 0 spiro atoms. The molecule has 0 saturated carbocycles. The van der Waals surface area contributed by atoms with Crippen LogP contribution in [-0.4, -0.2) is 33.9 Å². The van der Waals surface area contributed by atoms with E-state index in [0.29, 0.717) is 11.5 Å². The first-order chi connectivity index (χ1) is 8.69. The number of rotatable bonds is 5. The maximum Gasteiger partial charge on any atom is 0.360 e. The Labute approximate surface area is 107 Å². The van der Waals surface area contributed by atoms with Gasteiger partial charge in [0.1, 0.15) is 6.10 Å². The van der Waals surface area contributed by atoms with Gasteiger partial charge < -0.3 is 23.7 Å². The molecule has 1 aromatic rings. The summed E-state index contributed by atoms with van der Waals surface area (Å²) in [5.41, 5.74) is 0.978. The van der Waals surface area contributed by atoms with Gasteiger partial charge in [-0.1, -0.05) is 6.07 Å². The molecular formula is C13H18O5. The van der Waals surface area contributed by atoms with Crippen molar-refractivity contribution in [3.63, 3.8) is 0 Å². The Bertz CT molecular complexity index is 406. The molecular weight excluding hydrogens is 236 g/mol. The van der Waals surface area contributed by atoms with Gasteiger partial charge in [0, 0.05) is 21.3 Å². The highest BCUT2D eigenvalue weighted by Gasteiger charge is 2.26. The van der Waals surface area contributed by atoms with Crippen LogP contribution in [0.15, 0.2) is 18.2 Å². The summed E-state index contributed by atoms with van der Waals surface area (Å²) in [5, 5.41) is 0. The first-order valence-electron chi connectivity index (χ1n) is 5.75. The van der Waals surface area contributed by atoms with E-state index in [0.717, 1.165) is 5.56 Å². The molecule has 5 heteroatoms.